The lowest BCUT2D eigenvalue weighted by Crippen LogP contribution is -2.23. The minimum Gasteiger partial charge on any atom is -0.456 e. The van der Waals surface area contributed by atoms with E-state index < -0.39 is 0 Å². The average molecular weight is 374 g/mol. The third-order valence-electron chi connectivity index (χ3n) is 4.51. The van der Waals surface area contributed by atoms with Crippen LogP contribution in [0.1, 0.15) is 5.56 Å². The first-order valence-electron chi connectivity index (χ1n) is 8.61. The van der Waals surface area contributed by atoms with Crippen LogP contribution >= 0.6 is 12.2 Å². The van der Waals surface area contributed by atoms with Crippen LogP contribution in [-0.2, 0) is 0 Å². The van der Waals surface area contributed by atoms with E-state index in [2.05, 4.69) is 22.8 Å². The van der Waals surface area contributed by atoms with Crippen molar-refractivity contribution in [3.63, 3.8) is 0 Å². The fraction of sp³-hybridized carbons (Fsp3) is 0.0909. The number of rotatable bonds is 2. The van der Waals surface area contributed by atoms with Crippen molar-refractivity contribution >= 4 is 34.0 Å². The molecule has 2 aromatic carbocycles. The van der Waals surface area contributed by atoms with Gasteiger partial charge in [-0.25, -0.2) is 0 Å². The maximum absolute atomic E-state index is 11.8. The Labute approximate surface area is 162 Å². The molecule has 1 heterocycles. The normalized spacial score (nSPS) is 10.9. The third-order valence-corrected chi connectivity index (χ3v) is 4.81. The van der Waals surface area contributed by atoms with Crippen LogP contribution in [0.25, 0.3) is 33.4 Å². The summed E-state index contributed by atoms with van der Waals surface area (Å²) in [5.74, 6) is 0.592. The zero-order valence-corrected chi connectivity index (χ0v) is 15.8. The lowest BCUT2D eigenvalue weighted by molar-refractivity contribution is 0.619. The highest BCUT2D eigenvalue weighted by atomic mass is 32.1. The van der Waals surface area contributed by atoms with Gasteiger partial charge in [0.05, 0.1) is 0 Å². The number of aryl methyl sites for hydroxylation is 1. The number of fused-ring (bicyclic) bond motifs is 2. The second-order valence-electron chi connectivity index (χ2n) is 6.42. The van der Waals surface area contributed by atoms with E-state index in [1.54, 1.807) is 19.2 Å². The van der Waals surface area contributed by atoms with E-state index in [1.807, 2.05) is 43.3 Å². The zero-order valence-electron chi connectivity index (χ0n) is 15.0. The molecule has 2 N–H and O–H groups in total. The van der Waals surface area contributed by atoms with Crippen molar-refractivity contribution in [3.05, 3.63) is 76.5 Å². The molecule has 1 aliphatic heterocycles. The fourth-order valence-corrected chi connectivity index (χ4v) is 3.32. The number of anilines is 1. The first-order valence-corrected chi connectivity index (χ1v) is 9.02. The van der Waals surface area contributed by atoms with Gasteiger partial charge in [0, 0.05) is 35.3 Å². The lowest BCUT2D eigenvalue weighted by Gasteiger charge is -2.16. The Kier molecular flexibility index (Phi) is 4.38. The van der Waals surface area contributed by atoms with Gasteiger partial charge in [0.2, 0.25) is 0 Å². The van der Waals surface area contributed by atoms with Gasteiger partial charge < -0.3 is 15.1 Å². The van der Waals surface area contributed by atoms with Crippen LogP contribution in [0, 0.1) is 6.92 Å². The second-order valence-corrected chi connectivity index (χ2v) is 6.82. The van der Waals surface area contributed by atoms with Gasteiger partial charge in [0.1, 0.15) is 11.3 Å². The molecule has 0 bridgehead atoms. The van der Waals surface area contributed by atoms with Crippen LogP contribution in [0.5, 0.6) is 0 Å². The maximum atomic E-state index is 11.8. The highest BCUT2D eigenvalue weighted by Crippen LogP contribution is 2.40. The first-order chi connectivity index (χ1) is 13.0. The Balaban J connectivity index is 1.94. The van der Waals surface area contributed by atoms with E-state index in [0.29, 0.717) is 10.9 Å². The standard InChI is InChI=1S/C22H18N2O2S/c1-13-3-9-17-19(11-13)26-20-12-16(25)8-10-18(20)21(17)14-4-6-15(7-5-14)24-22(27)23-2/h3-12H,1-2H3,(H2,23,24,27). The second kappa shape index (κ2) is 6.85. The molecule has 0 aromatic heterocycles. The van der Waals surface area contributed by atoms with Crippen molar-refractivity contribution in [1.82, 2.24) is 5.32 Å². The van der Waals surface area contributed by atoms with Crippen molar-refractivity contribution in [2.45, 2.75) is 6.92 Å². The van der Waals surface area contributed by atoms with Gasteiger partial charge in [-0.1, -0.05) is 24.3 Å². The molecule has 0 spiro atoms. The summed E-state index contributed by atoms with van der Waals surface area (Å²) in [6.45, 7) is 2.02. The molecule has 4 nitrogen and oxygen atoms in total. The SMILES string of the molecule is CNC(=S)Nc1ccc(-c2c3ccc(=O)cc-3oc3cc(C)ccc23)cc1. The van der Waals surface area contributed by atoms with Crippen LogP contribution in [0.4, 0.5) is 5.69 Å². The summed E-state index contributed by atoms with van der Waals surface area (Å²) < 4.78 is 6.02. The van der Waals surface area contributed by atoms with Crippen LogP contribution in [0.15, 0.2) is 69.9 Å². The van der Waals surface area contributed by atoms with Crippen molar-refractivity contribution in [1.29, 1.82) is 0 Å². The quantitative estimate of drug-likeness (QED) is 0.390. The minimum absolute atomic E-state index is 0.0654. The van der Waals surface area contributed by atoms with E-state index >= 15 is 0 Å². The molecule has 0 radical (unpaired) electrons. The Hall–Kier alpha value is -3.18. The smallest absolute Gasteiger partial charge is 0.182 e. The highest BCUT2D eigenvalue weighted by Gasteiger charge is 2.17. The van der Waals surface area contributed by atoms with Crippen LogP contribution < -0.4 is 16.1 Å². The van der Waals surface area contributed by atoms with E-state index in [9.17, 15) is 4.79 Å². The predicted molar refractivity (Wildman–Crippen MR) is 115 cm³/mol. The average Bonchev–Trinajstić information content (AvgIpc) is 2.66. The molecule has 0 saturated heterocycles. The number of nitrogens with one attached hydrogen (secondary N) is 2. The molecule has 0 amide bonds. The Morgan fingerprint density at radius 3 is 2.52 bits per heavy atom. The van der Waals surface area contributed by atoms with Gasteiger partial charge in [0.15, 0.2) is 10.5 Å². The summed E-state index contributed by atoms with van der Waals surface area (Å²) in [6.07, 6.45) is 0. The van der Waals surface area contributed by atoms with Gasteiger partial charge in [-0.2, -0.15) is 0 Å². The first kappa shape index (κ1) is 17.2. The topological polar surface area (TPSA) is 54.3 Å². The van der Waals surface area contributed by atoms with Crippen molar-refractivity contribution in [3.8, 4) is 22.5 Å². The van der Waals surface area contributed by atoms with E-state index in [0.717, 1.165) is 38.9 Å². The van der Waals surface area contributed by atoms with Crippen LogP contribution in [0.3, 0.4) is 0 Å². The molecule has 1 aliphatic carbocycles. The lowest BCUT2D eigenvalue weighted by atomic mass is 9.93. The predicted octanol–water partition coefficient (Wildman–Crippen LogP) is 4.79. The van der Waals surface area contributed by atoms with Gasteiger partial charge >= 0.3 is 0 Å². The maximum Gasteiger partial charge on any atom is 0.182 e. The molecule has 0 fully saturated rings. The zero-order chi connectivity index (χ0) is 19.0. The van der Waals surface area contributed by atoms with Crippen LogP contribution in [-0.4, -0.2) is 12.2 Å². The van der Waals surface area contributed by atoms with E-state index in [1.165, 1.54) is 0 Å². The highest BCUT2D eigenvalue weighted by molar-refractivity contribution is 7.80. The molecule has 2 aliphatic rings. The molecule has 0 atom stereocenters. The molecule has 134 valence electrons. The molecule has 27 heavy (non-hydrogen) atoms. The summed E-state index contributed by atoms with van der Waals surface area (Å²) >= 11 is 5.15. The Bertz CT molecular complexity index is 1180. The van der Waals surface area contributed by atoms with Gasteiger partial charge in [0.25, 0.3) is 0 Å². The minimum atomic E-state index is -0.0654. The van der Waals surface area contributed by atoms with Crippen molar-refractivity contribution < 1.29 is 4.42 Å². The van der Waals surface area contributed by atoms with E-state index in [-0.39, 0.29) is 5.43 Å². The van der Waals surface area contributed by atoms with Crippen molar-refractivity contribution in [2.24, 2.45) is 0 Å². The number of hydrogen-bond donors (Lipinski definition) is 2. The molecule has 0 saturated carbocycles. The third kappa shape index (κ3) is 3.29. The van der Waals surface area contributed by atoms with Crippen molar-refractivity contribution in [2.75, 3.05) is 12.4 Å². The molecule has 0 unspecified atom stereocenters. The molecule has 4 rings (SSSR count). The molecular formula is C22H18N2O2S. The summed E-state index contributed by atoms with van der Waals surface area (Å²) in [5.41, 5.74) is 5.72. The largest absolute Gasteiger partial charge is 0.456 e. The Morgan fingerprint density at radius 1 is 1.00 bits per heavy atom. The summed E-state index contributed by atoms with van der Waals surface area (Å²) in [6, 6.07) is 19.1. The van der Waals surface area contributed by atoms with Crippen LogP contribution in [0.2, 0.25) is 0 Å². The molecular weight excluding hydrogens is 356 g/mol. The molecule has 2 aromatic rings. The van der Waals surface area contributed by atoms with E-state index in [4.69, 9.17) is 16.6 Å². The molecule has 5 heteroatoms. The summed E-state index contributed by atoms with van der Waals surface area (Å²) in [5, 5.41) is 7.59. The van der Waals surface area contributed by atoms with Gasteiger partial charge in [-0.05, 0) is 60.6 Å². The fourth-order valence-electron chi connectivity index (χ4n) is 3.20. The summed E-state index contributed by atoms with van der Waals surface area (Å²) in [7, 11) is 1.78. The van der Waals surface area contributed by atoms with Gasteiger partial charge in [-0.15, -0.1) is 0 Å². The number of thiocarbonyl (C=S) groups is 1. The number of hydrogen-bond acceptors (Lipinski definition) is 3. The number of benzene rings is 3. The Morgan fingerprint density at radius 2 is 1.78 bits per heavy atom. The monoisotopic (exact) mass is 374 g/mol. The summed E-state index contributed by atoms with van der Waals surface area (Å²) in [4.78, 5) is 11.8. The van der Waals surface area contributed by atoms with Gasteiger partial charge in [-0.3, -0.25) is 4.79 Å².